The van der Waals surface area contributed by atoms with Gasteiger partial charge < -0.3 is 9.84 Å². The molecule has 0 aliphatic carbocycles. The quantitative estimate of drug-likeness (QED) is 0.511. The molecule has 0 aliphatic heterocycles. The third-order valence-corrected chi connectivity index (χ3v) is 1.96. The monoisotopic (exact) mass is 186 g/mol. The van der Waals surface area contributed by atoms with Gasteiger partial charge in [-0.15, -0.1) is 0 Å². The van der Waals surface area contributed by atoms with Crippen LogP contribution in [0.3, 0.4) is 0 Å². The maximum absolute atomic E-state index is 10.7. The minimum atomic E-state index is -0.884. The predicted molar refractivity (Wildman–Crippen MR) is 51.7 cm³/mol. The Morgan fingerprint density at radius 3 is 2.62 bits per heavy atom. The first kappa shape index (κ1) is 12.2. The number of allylic oxidation sites excluding steroid dienone is 1. The molecule has 0 spiro atoms. The summed E-state index contributed by atoms with van der Waals surface area (Å²) in [6.45, 7) is 3.82. The van der Waals surface area contributed by atoms with Crippen molar-refractivity contribution < 1.29 is 14.6 Å². The van der Waals surface area contributed by atoms with Crippen molar-refractivity contribution in [2.24, 2.45) is 0 Å². The lowest BCUT2D eigenvalue weighted by Crippen LogP contribution is -2.16. The van der Waals surface area contributed by atoms with E-state index in [-0.39, 0.29) is 6.10 Å². The van der Waals surface area contributed by atoms with Gasteiger partial charge in [-0.3, -0.25) is 0 Å². The molecule has 0 rings (SSSR count). The lowest BCUT2D eigenvalue weighted by atomic mass is 10.1. The van der Waals surface area contributed by atoms with E-state index in [0.29, 0.717) is 5.57 Å². The van der Waals surface area contributed by atoms with Gasteiger partial charge in [-0.05, 0) is 13.3 Å². The molecule has 1 atom stereocenters. The molecule has 0 fully saturated rings. The highest BCUT2D eigenvalue weighted by Crippen LogP contribution is 2.08. The van der Waals surface area contributed by atoms with Crippen molar-refractivity contribution in [1.82, 2.24) is 0 Å². The lowest BCUT2D eigenvalue weighted by molar-refractivity contribution is -0.133. The number of unbranched alkanes of at least 4 members (excludes halogenated alkanes) is 2. The predicted octanol–water partition coefficient (Wildman–Crippen LogP) is 2.22. The zero-order chi connectivity index (χ0) is 10.3. The SMILES string of the molecule is CCCCC=C(C(=O)O)C(C)OC. The van der Waals surface area contributed by atoms with Crippen LogP contribution in [0.15, 0.2) is 11.6 Å². The number of hydrogen-bond donors (Lipinski definition) is 1. The summed E-state index contributed by atoms with van der Waals surface area (Å²) < 4.78 is 4.96. The van der Waals surface area contributed by atoms with E-state index < -0.39 is 5.97 Å². The van der Waals surface area contributed by atoms with Gasteiger partial charge in [-0.2, -0.15) is 0 Å². The molecule has 0 aliphatic rings. The first-order chi connectivity index (χ1) is 6.13. The third-order valence-electron chi connectivity index (χ3n) is 1.96. The minimum Gasteiger partial charge on any atom is -0.478 e. The van der Waals surface area contributed by atoms with Crippen molar-refractivity contribution in [3.63, 3.8) is 0 Å². The summed E-state index contributed by atoms with van der Waals surface area (Å²) in [6, 6.07) is 0. The van der Waals surface area contributed by atoms with Gasteiger partial charge in [-0.25, -0.2) is 4.79 Å². The highest BCUT2D eigenvalue weighted by molar-refractivity contribution is 5.87. The van der Waals surface area contributed by atoms with E-state index >= 15 is 0 Å². The minimum absolute atomic E-state index is 0.325. The average Bonchev–Trinajstić information content (AvgIpc) is 2.11. The van der Waals surface area contributed by atoms with Crippen molar-refractivity contribution in [3.05, 3.63) is 11.6 Å². The van der Waals surface area contributed by atoms with Crippen LogP contribution in [0.5, 0.6) is 0 Å². The molecule has 0 aromatic carbocycles. The Morgan fingerprint density at radius 1 is 1.62 bits per heavy atom. The standard InChI is InChI=1S/C10H18O3/c1-4-5-6-7-9(10(11)12)8(2)13-3/h7-8H,4-6H2,1-3H3,(H,11,12). The van der Waals surface area contributed by atoms with Gasteiger partial charge in [0.05, 0.1) is 11.7 Å². The Labute approximate surface area is 79.4 Å². The molecule has 0 saturated carbocycles. The van der Waals surface area contributed by atoms with E-state index in [4.69, 9.17) is 9.84 Å². The van der Waals surface area contributed by atoms with Crippen molar-refractivity contribution in [2.75, 3.05) is 7.11 Å². The van der Waals surface area contributed by atoms with E-state index in [9.17, 15) is 4.79 Å². The van der Waals surface area contributed by atoms with Gasteiger partial charge in [0, 0.05) is 7.11 Å². The van der Waals surface area contributed by atoms with Crippen molar-refractivity contribution in [1.29, 1.82) is 0 Å². The van der Waals surface area contributed by atoms with Crippen LogP contribution >= 0.6 is 0 Å². The van der Waals surface area contributed by atoms with Crippen LogP contribution < -0.4 is 0 Å². The van der Waals surface area contributed by atoms with Gasteiger partial charge in [0.2, 0.25) is 0 Å². The van der Waals surface area contributed by atoms with Crippen LogP contribution in [-0.2, 0) is 9.53 Å². The van der Waals surface area contributed by atoms with Crippen molar-refractivity contribution >= 4 is 5.97 Å². The van der Waals surface area contributed by atoms with Crippen LogP contribution in [0.25, 0.3) is 0 Å². The smallest absolute Gasteiger partial charge is 0.333 e. The number of carboxylic acid groups (broad SMARTS) is 1. The maximum Gasteiger partial charge on any atom is 0.333 e. The van der Waals surface area contributed by atoms with E-state index in [2.05, 4.69) is 6.92 Å². The number of methoxy groups -OCH3 is 1. The summed E-state index contributed by atoms with van der Waals surface area (Å²) in [5.74, 6) is -0.884. The number of carboxylic acids is 1. The molecule has 0 heterocycles. The van der Waals surface area contributed by atoms with Crippen LogP contribution in [0.4, 0.5) is 0 Å². The van der Waals surface area contributed by atoms with Gasteiger partial charge in [-0.1, -0.05) is 25.8 Å². The van der Waals surface area contributed by atoms with E-state index in [1.807, 2.05) is 0 Å². The zero-order valence-electron chi connectivity index (χ0n) is 8.54. The summed E-state index contributed by atoms with van der Waals surface area (Å²) in [7, 11) is 1.52. The Hall–Kier alpha value is -0.830. The molecule has 0 aromatic rings. The molecule has 0 amide bonds. The second-order valence-electron chi connectivity index (χ2n) is 2.98. The Balaban J connectivity index is 4.23. The molecule has 1 N–H and O–H groups in total. The number of hydrogen-bond acceptors (Lipinski definition) is 2. The first-order valence-electron chi connectivity index (χ1n) is 4.59. The molecule has 0 saturated heterocycles. The van der Waals surface area contributed by atoms with E-state index in [0.717, 1.165) is 19.3 Å². The molecule has 3 nitrogen and oxygen atoms in total. The molecule has 0 aromatic heterocycles. The third kappa shape index (κ3) is 4.68. The fraction of sp³-hybridized carbons (Fsp3) is 0.700. The fourth-order valence-electron chi connectivity index (χ4n) is 1.02. The molecule has 1 unspecified atom stereocenters. The second kappa shape index (κ2) is 6.66. The lowest BCUT2D eigenvalue weighted by Gasteiger charge is -2.09. The van der Waals surface area contributed by atoms with Crippen LogP contribution in [0.2, 0.25) is 0 Å². The van der Waals surface area contributed by atoms with Crippen molar-refractivity contribution in [2.45, 2.75) is 39.2 Å². The topological polar surface area (TPSA) is 46.5 Å². The highest BCUT2D eigenvalue weighted by Gasteiger charge is 2.14. The number of ether oxygens (including phenoxy) is 1. The van der Waals surface area contributed by atoms with Gasteiger partial charge in [0.15, 0.2) is 0 Å². The molecule has 13 heavy (non-hydrogen) atoms. The zero-order valence-corrected chi connectivity index (χ0v) is 8.54. The van der Waals surface area contributed by atoms with Gasteiger partial charge >= 0.3 is 5.97 Å². The van der Waals surface area contributed by atoms with E-state index in [1.165, 1.54) is 7.11 Å². The van der Waals surface area contributed by atoms with Gasteiger partial charge in [0.25, 0.3) is 0 Å². The maximum atomic E-state index is 10.7. The number of carbonyl (C=O) groups is 1. The Kier molecular flexibility index (Phi) is 6.24. The second-order valence-corrected chi connectivity index (χ2v) is 2.98. The molecule has 0 bridgehead atoms. The van der Waals surface area contributed by atoms with Crippen LogP contribution in [-0.4, -0.2) is 24.3 Å². The summed E-state index contributed by atoms with van der Waals surface area (Å²) in [5.41, 5.74) is 0.357. The number of aliphatic carboxylic acids is 1. The molecular weight excluding hydrogens is 168 g/mol. The Morgan fingerprint density at radius 2 is 2.23 bits per heavy atom. The Bertz CT molecular complexity index is 185. The first-order valence-corrected chi connectivity index (χ1v) is 4.59. The summed E-state index contributed by atoms with van der Waals surface area (Å²) >= 11 is 0. The summed E-state index contributed by atoms with van der Waals surface area (Å²) in [6.07, 6.45) is 4.33. The molecule has 0 radical (unpaired) electrons. The highest BCUT2D eigenvalue weighted by atomic mass is 16.5. The summed E-state index contributed by atoms with van der Waals surface area (Å²) in [5, 5.41) is 8.83. The normalized spacial score (nSPS) is 14.2. The van der Waals surface area contributed by atoms with Crippen LogP contribution in [0, 0.1) is 0 Å². The molecule has 76 valence electrons. The average molecular weight is 186 g/mol. The van der Waals surface area contributed by atoms with Crippen molar-refractivity contribution in [3.8, 4) is 0 Å². The largest absolute Gasteiger partial charge is 0.478 e. The summed E-state index contributed by atoms with van der Waals surface area (Å²) in [4.78, 5) is 10.7. The molecule has 3 heteroatoms. The van der Waals surface area contributed by atoms with E-state index in [1.54, 1.807) is 13.0 Å². The number of rotatable bonds is 6. The van der Waals surface area contributed by atoms with Crippen LogP contribution in [0.1, 0.15) is 33.1 Å². The molecular formula is C10H18O3. The van der Waals surface area contributed by atoms with Gasteiger partial charge in [0.1, 0.15) is 0 Å². The fourth-order valence-corrected chi connectivity index (χ4v) is 1.02.